The molecule has 1 heterocycles. The van der Waals surface area contributed by atoms with Gasteiger partial charge in [0.1, 0.15) is 12.4 Å². The van der Waals surface area contributed by atoms with E-state index in [9.17, 15) is 0 Å². The van der Waals surface area contributed by atoms with Crippen molar-refractivity contribution in [2.24, 2.45) is 0 Å². The molecule has 0 saturated heterocycles. The van der Waals surface area contributed by atoms with Crippen molar-refractivity contribution in [3.63, 3.8) is 0 Å². The Hall–Kier alpha value is -2.24. The van der Waals surface area contributed by atoms with Crippen LogP contribution in [0.1, 0.15) is 5.56 Å². The number of benzene rings is 3. The SMILES string of the molecule is Clc1ccc(OCc2ccc(-c3nc(-c4ccc(Cl)cc4Cl)no3)cc2)c(Cl)c1. The van der Waals surface area contributed by atoms with Crippen molar-refractivity contribution in [3.05, 3.63) is 86.3 Å². The maximum Gasteiger partial charge on any atom is 0.258 e. The second-order valence-electron chi connectivity index (χ2n) is 6.11. The van der Waals surface area contributed by atoms with Gasteiger partial charge in [0.25, 0.3) is 5.89 Å². The maximum absolute atomic E-state index is 6.21. The van der Waals surface area contributed by atoms with Crippen molar-refractivity contribution in [3.8, 4) is 28.6 Å². The van der Waals surface area contributed by atoms with Crippen LogP contribution < -0.4 is 4.74 Å². The Morgan fingerprint density at radius 2 is 1.48 bits per heavy atom. The van der Waals surface area contributed by atoms with Crippen LogP contribution in [-0.4, -0.2) is 10.1 Å². The van der Waals surface area contributed by atoms with Gasteiger partial charge in [-0.25, -0.2) is 0 Å². The average molecular weight is 466 g/mol. The minimum Gasteiger partial charge on any atom is -0.487 e. The van der Waals surface area contributed by atoms with E-state index in [0.717, 1.165) is 11.1 Å². The van der Waals surface area contributed by atoms with Crippen LogP contribution in [-0.2, 0) is 6.61 Å². The third-order valence-electron chi connectivity index (χ3n) is 4.09. The molecule has 0 unspecified atom stereocenters. The number of rotatable bonds is 5. The molecule has 1 aromatic heterocycles. The van der Waals surface area contributed by atoms with E-state index < -0.39 is 0 Å². The second-order valence-corrected chi connectivity index (χ2v) is 7.79. The lowest BCUT2D eigenvalue weighted by atomic mass is 10.1. The molecule has 146 valence electrons. The largest absolute Gasteiger partial charge is 0.487 e. The first-order valence-electron chi connectivity index (χ1n) is 8.46. The van der Waals surface area contributed by atoms with Crippen LogP contribution in [0.25, 0.3) is 22.8 Å². The molecule has 0 saturated carbocycles. The van der Waals surface area contributed by atoms with Crippen molar-refractivity contribution < 1.29 is 9.26 Å². The quantitative estimate of drug-likeness (QED) is 0.304. The summed E-state index contributed by atoms with van der Waals surface area (Å²) in [6.07, 6.45) is 0. The van der Waals surface area contributed by atoms with E-state index >= 15 is 0 Å². The zero-order chi connectivity index (χ0) is 20.4. The van der Waals surface area contributed by atoms with Crippen molar-refractivity contribution in [1.82, 2.24) is 10.1 Å². The predicted octanol–water partition coefficient (Wildman–Crippen LogP) is 7.60. The summed E-state index contributed by atoms with van der Waals surface area (Å²) in [6.45, 7) is 0.358. The Morgan fingerprint density at radius 1 is 0.793 bits per heavy atom. The molecule has 0 aliphatic rings. The van der Waals surface area contributed by atoms with Crippen LogP contribution in [0.2, 0.25) is 20.1 Å². The summed E-state index contributed by atoms with van der Waals surface area (Å²) in [4.78, 5) is 4.42. The van der Waals surface area contributed by atoms with E-state index in [2.05, 4.69) is 10.1 Å². The number of aromatic nitrogens is 2. The maximum atomic E-state index is 6.21. The van der Waals surface area contributed by atoms with Gasteiger partial charge in [0.05, 0.1) is 10.0 Å². The lowest BCUT2D eigenvalue weighted by molar-refractivity contribution is 0.306. The van der Waals surface area contributed by atoms with E-state index in [1.165, 1.54) is 0 Å². The first-order valence-corrected chi connectivity index (χ1v) is 9.97. The highest BCUT2D eigenvalue weighted by atomic mass is 35.5. The number of nitrogens with zero attached hydrogens (tertiary/aromatic N) is 2. The number of hydrogen-bond donors (Lipinski definition) is 0. The van der Waals surface area contributed by atoms with Crippen LogP contribution in [0.5, 0.6) is 5.75 Å². The molecule has 8 heteroatoms. The first kappa shape index (κ1) is 20.0. The summed E-state index contributed by atoms with van der Waals surface area (Å²) in [6, 6.07) is 17.8. The molecule has 0 fully saturated rings. The van der Waals surface area contributed by atoms with E-state index in [1.807, 2.05) is 24.3 Å². The highest BCUT2D eigenvalue weighted by Crippen LogP contribution is 2.31. The summed E-state index contributed by atoms with van der Waals surface area (Å²) in [7, 11) is 0. The molecule has 0 amide bonds. The zero-order valence-electron chi connectivity index (χ0n) is 14.7. The molecule has 4 nitrogen and oxygen atoms in total. The predicted molar refractivity (Wildman–Crippen MR) is 116 cm³/mol. The van der Waals surface area contributed by atoms with Gasteiger partial charge >= 0.3 is 0 Å². The molecule has 0 aliphatic carbocycles. The summed E-state index contributed by atoms with van der Waals surface area (Å²) in [5.41, 5.74) is 2.39. The van der Waals surface area contributed by atoms with Gasteiger partial charge in [-0.2, -0.15) is 4.98 Å². The number of halogens is 4. The standard InChI is InChI=1S/C21H12Cl4N2O2/c22-14-5-7-16(17(24)9-14)20-26-21(29-27-20)13-3-1-12(2-4-13)11-28-19-8-6-15(23)10-18(19)25/h1-10H,11H2. The molecule has 3 aromatic carbocycles. The first-order chi connectivity index (χ1) is 14.0. The summed E-state index contributed by atoms with van der Waals surface area (Å²) >= 11 is 24.1. The fourth-order valence-corrected chi connectivity index (χ4v) is 3.57. The van der Waals surface area contributed by atoms with Gasteiger partial charge < -0.3 is 9.26 Å². The van der Waals surface area contributed by atoms with Crippen LogP contribution in [0.3, 0.4) is 0 Å². The third-order valence-corrected chi connectivity index (χ3v) is 5.17. The normalized spacial score (nSPS) is 10.9. The molecular formula is C21H12Cl4N2O2. The van der Waals surface area contributed by atoms with E-state index in [1.54, 1.807) is 36.4 Å². The molecule has 4 rings (SSSR count). The molecule has 0 radical (unpaired) electrons. The minimum atomic E-state index is 0.358. The van der Waals surface area contributed by atoms with E-state index in [0.29, 0.717) is 49.7 Å². The van der Waals surface area contributed by atoms with Crippen LogP contribution >= 0.6 is 46.4 Å². The highest BCUT2D eigenvalue weighted by molar-refractivity contribution is 6.36. The van der Waals surface area contributed by atoms with Crippen molar-refractivity contribution >= 4 is 46.4 Å². The van der Waals surface area contributed by atoms with Crippen LogP contribution in [0.15, 0.2) is 65.2 Å². The van der Waals surface area contributed by atoms with Gasteiger partial charge in [0.2, 0.25) is 5.82 Å². The molecule has 0 atom stereocenters. The van der Waals surface area contributed by atoms with Gasteiger partial charge in [-0.3, -0.25) is 0 Å². The molecule has 0 spiro atoms. The van der Waals surface area contributed by atoms with Gasteiger partial charge in [-0.05, 0) is 54.1 Å². The minimum absolute atomic E-state index is 0.358. The van der Waals surface area contributed by atoms with Crippen LogP contribution in [0.4, 0.5) is 0 Å². The number of hydrogen-bond acceptors (Lipinski definition) is 4. The van der Waals surface area contributed by atoms with Gasteiger partial charge in [-0.1, -0.05) is 63.7 Å². The molecule has 4 aromatic rings. The summed E-state index contributed by atoms with van der Waals surface area (Å²) in [5, 5.41) is 6.03. The average Bonchev–Trinajstić information content (AvgIpc) is 3.17. The lowest BCUT2D eigenvalue weighted by Crippen LogP contribution is -1.96. The Balaban J connectivity index is 1.47. The van der Waals surface area contributed by atoms with Gasteiger partial charge in [-0.15, -0.1) is 0 Å². The Morgan fingerprint density at radius 3 is 2.17 bits per heavy atom. The van der Waals surface area contributed by atoms with E-state index in [-0.39, 0.29) is 0 Å². The van der Waals surface area contributed by atoms with Gasteiger partial charge in [0.15, 0.2) is 0 Å². The fraction of sp³-hybridized carbons (Fsp3) is 0.0476. The van der Waals surface area contributed by atoms with Crippen LogP contribution in [0, 0.1) is 0 Å². The number of ether oxygens (including phenoxy) is 1. The van der Waals surface area contributed by atoms with Crippen molar-refractivity contribution in [1.29, 1.82) is 0 Å². The van der Waals surface area contributed by atoms with Gasteiger partial charge in [0, 0.05) is 21.2 Å². The topological polar surface area (TPSA) is 48.2 Å². The molecule has 0 bridgehead atoms. The Bertz CT molecular complexity index is 1160. The second kappa shape index (κ2) is 8.64. The van der Waals surface area contributed by atoms with E-state index in [4.69, 9.17) is 55.7 Å². The van der Waals surface area contributed by atoms with Crippen molar-refractivity contribution in [2.75, 3.05) is 0 Å². The summed E-state index contributed by atoms with van der Waals surface area (Å²) < 4.78 is 11.1. The Labute approximate surface area is 186 Å². The highest BCUT2D eigenvalue weighted by Gasteiger charge is 2.13. The third kappa shape index (κ3) is 4.68. The molecule has 0 aliphatic heterocycles. The monoisotopic (exact) mass is 464 g/mol. The van der Waals surface area contributed by atoms with Crippen molar-refractivity contribution in [2.45, 2.75) is 6.61 Å². The molecular weight excluding hydrogens is 454 g/mol. The molecule has 0 N–H and O–H groups in total. The Kier molecular flexibility index (Phi) is 5.97. The zero-order valence-corrected chi connectivity index (χ0v) is 17.7. The summed E-state index contributed by atoms with van der Waals surface area (Å²) in [5.74, 6) is 1.35. The smallest absolute Gasteiger partial charge is 0.258 e. The fourth-order valence-electron chi connectivity index (χ4n) is 2.62. The molecule has 29 heavy (non-hydrogen) atoms. The lowest BCUT2D eigenvalue weighted by Gasteiger charge is -2.08.